The van der Waals surface area contributed by atoms with Crippen LogP contribution < -0.4 is 15.6 Å². The number of anilines is 2. The number of aryl methyl sites for hydroxylation is 1. The van der Waals surface area contributed by atoms with Crippen LogP contribution >= 0.6 is 0 Å². The molecule has 1 aliphatic rings. The van der Waals surface area contributed by atoms with Gasteiger partial charge in [0.2, 0.25) is 0 Å². The number of urea groups is 1. The molecule has 26 heavy (non-hydrogen) atoms. The third-order valence-electron chi connectivity index (χ3n) is 4.64. The van der Waals surface area contributed by atoms with Crippen molar-refractivity contribution in [3.63, 3.8) is 0 Å². The predicted octanol–water partition coefficient (Wildman–Crippen LogP) is 4.39. The van der Waals surface area contributed by atoms with E-state index in [-0.39, 0.29) is 6.03 Å². The highest BCUT2D eigenvalue weighted by Crippen LogP contribution is 2.19. The van der Waals surface area contributed by atoms with Gasteiger partial charge in [0.25, 0.3) is 0 Å². The molecule has 1 fully saturated rings. The second-order valence-electron chi connectivity index (χ2n) is 6.47. The second-order valence-corrected chi connectivity index (χ2v) is 6.47. The third-order valence-corrected chi connectivity index (χ3v) is 4.64. The highest BCUT2D eigenvalue weighted by Gasteiger charge is 2.10. The average Bonchev–Trinajstić information content (AvgIpc) is 2.69. The van der Waals surface area contributed by atoms with Crippen LogP contribution in [0.5, 0.6) is 0 Å². The zero-order chi connectivity index (χ0) is 18.2. The highest BCUT2D eigenvalue weighted by molar-refractivity contribution is 5.91. The quantitative estimate of drug-likeness (QED) is 0.620. The molecular formula is C21H26N4O. The molecule has 5 heteroatoms. The summed E-state index contributed by atoms with van der Waals surface area (Å²) in [6.07, 6.45) is 6.39. The van der Waals surface area contributed by atoms with E-state index in [4.69, 9.17) is 0 Å². The molecule has 2 N–H and O–H groups in total. The number of para-hydroxylation sites is 1. The van der Waals surface area contributed by atoms with Gasteiger partial charge in [-0.15, -0.1) is 0 Å². The van der Waals surface area contributed by atoms with Gasteiger partial charge in [0, 0.05) is 24.5 Å². The molecule has 0 aromatic heterocycles. The predicted molar refractivity (Wildman–Crippen MR) is 108 cm³/mol. The lowest BCUT2D eigenvalue weighted by Gasteiger charge is -2.28. The van der Waals surface area contributed by atoms with Crippen molar-refractivity contribution in [1.82, 2.24) is 5.43 Å². The van der Waals surface area contributed by atoms with Crippen LogP contribution in [0, 0.1) is 0 Å². The molecule has 0 radical (unpaired) electrons. The van der Waals surface area contributed by atoms with Crippen LogP contribution in [0.25, 0.3) is 0 Å². The van der Waals surface area contributed by atoms with Crippen LogP contribution in [0.15, 0.2) is 53.6 Å². The molecule has 1 aliphatic heterocycles. The number of amides is 2. The van der Waals surface area contributed by atoms with Crippen LogP contribution in [0.4, 0.5) is 16.2 Å². The Morgan fingerprint density at radius 2 is 1.81 bits per heavy atom. The first kappa shape index (κ1) is 18.0. The Morgan fingerprint density at radius 1 is 1.08 bits per heavy atom. The van der Waals surface area contributed by atoms with Gasteiger partial charge < -0.3 is 10.2 Å². The third kappa shape index (κ3) is 4.85. The molecule has 0 unspecified atom stereocenters. The first-order valence-corrected chi connectivity index (χ1v) is 9.29. The van der Waals surface area contributed by atoms with Crippen LogP contribution in [0.3, 0.4) is 0 Å². The van der Waals surface area contributed by atoms with Crippen molar-refractivity contribution in [3.05, 3.63) is 59.7 Å². The number of hydrogen-bond acceptors (Lipinski definition) is 3. The zero-order valence-electron chi connectivity index (χ0n) is 15.2. The molecule has 2 amide bonds. The van der Waals surface area contributed by atoms with Crippen molar-refractivity contribution in [2.75, 3.05) is 23.3 Å². The minimum absolute atomic E-state index is 0.341. The Balaban J connectivity index is 1.52. The Kier molecular flexibility index (Phi) is 6.25. The fourth-order valence-electron chi connectivity index (χ4n) is 3.19. The number of carbonyl (C=O) groups excluding carboxylic acids is 1. The Bertz CT molecular complexity index is 749. The molecule has 2 aromatic carbocycles. The minimum Gasteiger partial charge on any atom is -0.372 e. The summed E-state index contributed by atoms with van der Waals surface area (Å²) in [5.74, 6) is 0. The number of benzene rings is 2. The summed E-state index contributed by atoms with van der Waals surface area (Å²) >= 11 is 0. The maximum Gasteiger partial charge on any atom is 0.339 e. The van der Waals surface area contributed by atoms with E-state index in [1.54, 1.807) is 6.21 Å². The number of nitrogens with one attached hydrogen (secondary N) is 2. The molecule has 136 valence electrons. The van der Waals surface area contributed by atoms with Crippen LogP contribution in [0.2, 0.25) is 0 Å². The molecule has 0 bridgehead atoms. The molecule has 0 aliphatic carbocycles. The van der Waals surface area contributed by atoms with Crippen LogP contribution in [-0.2, 0) is 6.42 Å². The van der Waals surface area contributed by atoms with Gasteiger partial charge >= 0.3 is 6.03 Å². The Hall–Kier alpha value is -2.82. The van der Waals surface area contributed by atoms with Crippen LogP contribution in [0.1, 0.15) is 37.3 Å². The summed E-state index contributed by atoms with van der Waals surface area (Å²) in [7, 11) is 0. The van der Waals surface area contributed by atoms with E-state index in [1.165, 1.54) is 24.9 Å². The fraction of sp³-hybridized carbons (Fsp3) is 0.333. The number of piperidine rings is 1. The van der Waals surface area contributed by atoms with Gasteiger partial charge in [-0.2, -0.15) is 5.10 Å². The molecule has 1 saturated heterocycles. The van der Waals surface area contributed by atoms with E-state index in [9.17, 15) is 4.79 Å². The number of hydrazone groups is 1. The normalized spacial score (nSPS) is 14.4. The van der Waals surface area contributed by atoms with E-state index in [1.807, 2.05) is 36.4 Å². The van der Waals surface area contributed by atoms with Crippen molar-refractivity contribution in [2.24, 2.45) is 5.10 Å². The van der Waals surface area contributed by atoms with Gasteiger partial charge in [0.1, 0.15) is 0 Å². The van der Waals surface area contributed by atoms with E-state index in [0.717, 1.165) is 36.3 Å². The van der Waals surface area contributed by atoms with Gasteiger partial charge in [-0.1, -0.05) is 37.3 Å². The van der Waals surface area contributed by atoms with Gasteiger partial charge in [-0.25, -0.2) is 10.2 Å². The van der Waals surface area contributed by atoms with Gasteiger partial charge in [-0.3, -0.25) is 0 Å². The first-order valence-electron chi connectivity index (χ1n) is 9.29. The van der Waals surface area contributed by atoms with E-state index in [0.29, 0.717) is 0 Å². The first-order chi connectivity index (χ1) is 12.8. The maximum atomic E-state index is 12.0. The molecular weight excluding hydrogens is 324 g/mol. The number of rotatable bonds is 5. The summed E-state index contributed by atoms with van der Waals surface area (Å²) in [5.41, 5.74) is 6.64. The topological polar surface area (TPSA) is 56.7 Å². The van der Waals surface area contributed by atoms with Gasteiger partial charge in [0.15, 0.2) is 0 Å². The molecule has 5 nitrogen and oxygen atoms in total. The summed E-state index contributed by atoms with van der Waals surface area (Å²) in [6.45, 7) is 4.33. The van der Waals surface area contributed by atoms with Crippen molar-refractivity contribution < 1.29 is 4.79 Å². The van der Waals surface area contributed by atoms with E-state index >= 15 is 0 Å². The SMILES string of the molecule is CCc1ccccc1NC(=O)N/N=C\c1ccc(N2CCCCC2)cc1. The minimum atomic E-state index is -0.341. The molecule has 3 rings (SSSR count). The molecule has 0 spiro atoms. The summed E-state index contributed by atoms with van der Waals surface area (Å²) in [4.78, 5) is 14.4. The van der Waals surface area contributed by atoms with Crippen molar-refractivity contribution in [1.29, 1.82) is 0 Å². The van der Waals surface area contributed by atoms with Gasteiger partial charge in [-0.05, 0) is 55.0 Å². The van der Waals surface area contributed by atoms with Crippen molar-refractivity contribution in [2.45, 2.75) is 32.6 Å². The summed E-state index contributed by atoms with van der Waals surface area (Å²) in [6, 6.07) is 15.7. The number of nitrogens with zero attached hydrogens (tertiary/aromatic N) is 2. The Labute approximate surface area is 155 Å². The molecule has 1 heterocycles. The summed E-state index contributed by atoms with van der Waals surface area (Å²) in [5, 5.41) is 6.86. The number of carbonyl (C=O) groups is 1. The fourth-order valence-corrected chi connectivity index (χ4v) is 3.19. The number of hydrogen-bond donors (Lipinski definition) is 2. The average molecular weight is 350 g/mol. The molecule has 2 aromatic rings. The lowest BCUT2D eigenvalue weighted by atomic mass is 10.1. The van der Waals surface area contributed by atoms with Gasteiger partial charge in [0.05, 0.1) is 6.21 Å². The monoisotopic (exact) mass is 350 g/mol. The van der Waals surface area contributed by atoms with E-state index < -0.39 is 0 Å². The maximum absolute atomic E-state index is 12.0. The lowest BCUT2D eigenvalue weighted by molar-refractivity contribution is 0.252. The largest absolute Gasteiger partial charge is 0.372 e. The highest BCUT2D eigenvalue weighted by atomic mass is 16.2. The molecule has 0 saturated carbocycles. The summed E-state index contributed by atoms with van der Waals surface area (Å²) < 4.78 is 0. The smallest absolute Gasteiger partial charge is 0.339 e. The zero-order valence-corrected chi connectivity index (χ0v) is 15.2. The van der Waals surface area contributed by atoms with E-state index in [2.05, 4.69) is 39.8 Å². The van der Waals surface area contributed by atoms with Crippen molar-refractivity contribution >= 4 is 23.6 Å². The standard InChI is InChI=1S/C21H26N4O/c1-2-18-8-4-5-9-20(18)23-21(26)24-22-16-17-10-12-19(13-11-17)25-14-6-3-7-15-25/h4-5,8-13,16H,2-3,6-7,14-15H2,1H3,(H2,23,24,26)/b22-16-. The van der Waals surface area contributed by atoms with Crippen LogP contribution in [-0.4, -0.2) is 25.3 Å². The molecule has 0 atom stereocenters. The van der Waals surface area contributed by atoms with Crippen molar-refractivity contribution in [3.8, 4) is 0 Å². The Morgan fingerprint density at radius 3 is 2.54 bits per heavy atom. The lowest BCUT2D eigenvalue weighted by Crippen LogP contribution is -2.29. The second kappa shape index (κ2) is 9.04.